The summed E-state index contributed by atoms with van der Waals surface area (Å²) < 4.78 is 5.02. The molecule has 1 rings (SSSR count). The molecule has 0 fully saturated rings. The summed E-state index contributed by atoms with van der Waals surface area (Å²) in [6.07, 6.45) is 1.51. The summed E-state index contributed by atoms with van der Waals surface area (Å²) in [6.45, 7) is 0.401. The van der Waals surface area contributed by atoms with E-state index in [-0.39, 0.29) is 6.61 Å². The predicted octanol–water partition coefficient (Wildman–Crippen LogP) is 0.426. The number of furan rings is 1. The Kier molecular flexibility index (Phi) is 3.33. The lowest BCUT2D eigenvalue weighted by molar-refractivity contribution is 0.286. The molecule has 4 nitrogen and oxygen atoms in total. The van der Waals surface area contributed by atoms with Gasteiger partial charge in [-0.25, -0.2) is 0 Å². The number of hydrogen-bond acceptors (Lipinski definition) is 4. The zero-order valence-electron chi connectivity index (χ0n) is 6.53. The van der Waals surface area contributed by atoms with E-state index in [0.29, 0.717) is 12.3 Å². The molecule has 1 unspecified atom stereocenters. The summed E-state index contributed by atoms with van der Waals surface area (Å²) in [5.41, 5.74) is 0. The van der Waals surface area contributed by atoms with Crippen LogP contribution in [0.3, 0.4) is 0 Å². The van der Waals surface area contributed by atoms with Crippen molar-refractivity contribution in [2.75, 3.05) is 13.2 Å². The van der Waals surface area contributed by atoms with Gasteiger partial charge in [0.25, 0.3) is 0 Å². The third-order valence-corrected chi connectivity index (χ3v) is 1.42. The maximum absolute atomic E-state index is 8.67. The van der Waals surface area contributed by atoms with E-state index in [1.807, 2.05) is 6.07 Å². The van der Waals surface area contributed by atoms with Crippen molar-refractivity contribution in [1.82, 2.24) is 5.32 Å². The number of nitriles is 1. The van der Waals surface area contributed by atoms with Crippen molar-refractivity contribution in [3.8, 4) is 6.07 Å². The smallest absolute Gasteiger partial charge is 0.154 e. The Morgan fingerprint density at radius 3 is 3.08 bits per heavy atom. The van der Waals surface area contributed by atoms with E-state index < -0.39 is 6.04 Å². The van der Waals surface area contributed by atoms with Gasteiger partial charge in [0, 0.05) is 6.54 Å². The van der Waals surface area contributed by atoms with Gasteiger partial charge in [0.15, 0.2) is 6.04 Å². The highest BCUT2D eigenvalue weighted by atomic mass is 16.3. The zero-order chi connectivity index (χ0) is 8.81. The largest absolute Gasteiger partial charge is 0.467 e. The summed E-state index contributed by atoms with van der Waals surface area (Å²) >= 11 is 0. The molecule has 1 aromatic heterocycles. The fourth-order valence-electron chi connectivity index (χ4n) is 0.874. The molecule has 0 bridgehead atoms. The van der Waals surface area contributed by atoms with Crippen molar-refractivity contribution < 1.29 is 9.52 Å². The molecule has 4 heteroatoms. The van der Waals surface area contributed by atoms with Gasteiger partial charge in [-0.2, -0.15) is 5.26 Å². The summed E-state index contributed by atoms with van der Waals surface area (Å²) in [5.74, 6) is 0.575. The average Bonchev–Trinajstić information content (AvgIpc) is 2.59. The number of aliphatic hydroxyl groups is 1. The van der Waals surface area contributed by atoms with Crippen LogP contribution >= 0.6 is 0 Å². The minimum absolute atomic E-state index is 0.0128. The first-order valence-electron chi connectivity index (χ1n) is 3.65. The highest BCUT2D eigenvalue weighted by molar-refractivity contribution is 5.12. The van der Waals surface area contributed by atoms with Crippen molar-refractivity contribution in [2.24, 2.45) is 0 Å². The molecule has 0 aliphatic rings. The fraction of sp³-hybridized carbons (Fsp3) is 0.375. The van der Waals surface area contributed by atoms with Crippen molar-refractivity contribution in [2.45, 2.75) is 6.04 Å². The third-order valence-electron chi connectivity index (χ3n) is 1.42. The Morgan fingerprint density at radius 1 is 1.75 bits per heavy atom. The Bertz CT molecular complexity index is 251. The number of rotatable bonds is 4. The summed E-state index contributed by atoms with van der Waals surface area (Å²) in [4.78, 5) is 0. The summed E-state index contributed by atoms with van der Waals surface area (Å²) in [5, 5.41) is 20.0. The highest BCUT2D eigenvalue weighted by Crippen LogP contribution is 2.11. The fourth-order valence-corrected chi connectivity index (χ4v) is 0.874. The van der Waals surface area contributed by atoms with Crippen molar-refractivity contribution >= 4 is 0 Å². The Balaban J connectivity index is 2.53. The maximum Gasteiger partial charge on any atom is 0.154 e. The van der Waals surface area contributed by atoms with E-state index in [2.05, 4.69) is 5.32 Å². The van der Waals surface area contributed by atoms with Gasteiger partial charge >= 0.3 is 0 Å². The lowest BCUT2D eigenvalue weighted by Crippen LogP contribution is -2.22. The number of aliphatic hydroxyl groups excluding tert-OH is 1. The van der Waals surface area contributed by atoms with Gasteiger partial charge in [-0.15, -0.1) is 0 Å². The first-order chi connectivity index (χ1) is 5.88. The first kappa shape index (κ1) is 8.78. The van der Waals surface area contributed by atoms with Gasteiger partial charge in [0.1, 0.15) is 5.76 Å². The standard InChI is InChI=1S/C8H10N2O2/c9-6-7(10-3-4-11)8-2-1-5-12-8/h1-2,5,7,10-11H,3-4H2. The second-order valence-electron chi connectivity index (χ2n) is 2.26. The molecule has 0 amide bonds. The molecule has 0 aromatic carbocycles. The van der Waals surface area contributed by atoms with Crippen molar-refractivity contribution in [3.63, 3.8) is 0 Å². The van der Waals surface area contributed by atoms with E-state index in [9.17, 15) is 0 Å². The molecule has 2 N–H and O–H groups in total. The quantitative estimate of drug-likeness (QED) is 0.680. The van der Waals surface area contributed by atoms with E-state index in [4.69, 9.17) is 14.8 Å². The van der Waals surface area contributed by atoms with Gasteiger partial charge in [0.05, 0.1) is 18.9 Å². The summed E-state index contributed by atoms with van der Waals surface area (Å²) in [6, 6.07) is 5.00. The van der Waals surface area contributed by atoms with Crippen molar-refractivity contribution in [1.29, 1.82) is 5.26 Å². The Hall–Kier alpha value is -1.31. The molecule has 12 heavy (non-hydrogen) atoms. The monoisotopic (exact) mass is 166 g/mol. The van der Waals surface area contributed by atoms with E-state index in [1.54, 1.807) is 12.1 Å². The first-order valence-corrected chi connectivity index (χ1v) is 3.65. The minimum Gasteiger partial charge on any atom is -0.467 e. The second-order valence-corrected chi connectivity index (χ2v) is 2.26. The lowest BCUT2D eigenvalue weighted by atomic mass is 10.2. The molecular formula is C8H10N2O2. The highest BCUT2D eigenvalue weighted by Gasteiger charge is 2.10. The molecule has 0 saturated carbocycles. The number of nitrogens with one attached hydrogen (secondary N) is 1. The maximum atomic E-state index is 8.67. The molecule has 0 aliphatic heterocycles. The van der Waals surface area contributed by atoms with E-state index in [0.717, 1.165) is 0 Å². The van der Waals surface area contributed by atoms with E-state index in [1.165, 1.54) is 6.26 Å². The zero-order valence-corrected chi connectivity index (χ0v) is 6.53. The SMILES string of the molecule is N#CC(NCCO)c1ccco1. The van der Waals surface area contributed by atoms with Gasteiger partial charge in [-0.3, -0.25) is 5.32 Å². The van der Waals surface area contributed by atoms with Crippen LogP contribution in [0.25, 0.3) is 0 Å². The lowest BCUT2D eigenvalue weighted by Gasteiger charge is -2.05. The normalized spacial score (nSPS) is 12.3. The van der Waals surface area contributed by atoms with Crippen molar-refractivity contribution in [3.05, 3.63) is 24.2 Å². The number of hydrogen-bond donors (Lipinski definition) is 2. The molecule has 0 spiro atoms. The minimum atomic E-state index is -0.466. The van der Waals surface area contributed by atoms with Crippen LogP contribution in [0, 0.1) is 11.3 Å². The van der Waals surface area contributed by atoms with Crippen LogP contribution in [0.5, 0.6) is 0 Å². The number of nitrogens with zero attached hydrogens (tertiary/aromatic N) is 1. The van der Waals surface area contributed by atoms with Gasteiger partial charge in [-0.05, 0) is 12.1 Å². The van der Waals surface area contributed by atoms with E-state index >= 15 is 0 Å². The Morgan fingerprint density at radius 2 is 2.58 bits per heavy atom. The summed E-state index contributed by atoms with van der Waals surface area (Å²) in [7, 11) is 0. The molecule has 64 valence electrons. The van der Waals surface area contributed by atoms with Crippen LogP contribution in [-0.4, -0.2) is 18.3 Å². The predicted molar refractivity (Wildman–Crippen MR) is 42.2 cm³/mol. The molecular weight excluding hydrogens is 156 g/mol. The Labute approximate surface area is 70.4 Å². The van der Waals surface area contributed by atoms with Gasteiger partial charge < -0.3 is 9.52 Å². The molecule has 1 aromatic rings. The molecule has 0 radical (unpaired) electrons. The van der Waals surface area contributed by atoms with Crippen LogP contribution in [0.15, 0.2) is 22.8 Å². The third kappa shape index (κ3) is 2.09. The topological polar surface area (TPSA) is 69.2 Å². The van der Waals surface area contributed by atoms with Crippen LogP contribution in [0.4, 0.5) is 0 Å². The average molecular weight is 166 g/mol. The van der Waals surface area contributed by atoms with Crippen LogP contribution in [0.1, 0.15) is 11.8 Å². The molecule has 0 saturated heterocycles. The van der Waals surface area contributed by atoms with Gasteiger partial charge in [0.2, 0.25) is 0 Å². The molecule has 1 atom stereocenters. The second kappa shape index (κ2) is 4.54. The molecule has 0 aliphatic carbocycles. The van der Waals surface area contributed by atoms with Crippen LogP contribution in [-0.2, 0) is 0 Å². The van der Waals surface area contributed by atoms with Crippen LogP contribution < -0.4 is 5.32 Å². The van der Waals surface area contributed by atoms with Gasteiger partial charge in [-0.1, -0.05) is 0 Å². The van der Waals surface area contributed by atoms with Crippen LogP contribution in [0.2, 0.25) is 0 Å². The molecule has 1 heterocycles.